The minimum Gasteiger partial charge on any atom is -0.392 e. The number of H-pyrrole nitrogens is 1. The number of nitrogens with one attached hydrogen (secondary N) is 2. The Morgan fingerprint density at radius 3 is 2.49 bits per heavy atom. The molecule has 12 nitrogen and oxygen atoms in total. The molecular formula is C46H63N5O7S. The number of carbonyl (C=O) groups is 1. The molecule has 9 rings (SSSR count). The van der Waals surface area contributed by atoms with Gasteiger partial charge in [-0.15, -0.1) is 0 Å². The van der Waals surface area contributed by atoms with Crippen LogP contribution in [0.2, 0.25) is 0 Å². The van der Waals surface area contributed by atoms with Crippen LogP contribution < -0.4 is 10.2 Å². The molecule has 59 heavy (non-hydrogen) atoms. The number of aliphatic hydroxyl groups is 4. The van der Waals surface area contributed by atoms with Crippen LogP contribution in [0.25, 0.3) is 10.9 Å². The average molecular weight is 830 g/mol. The van der Waals surface area contributed by atoms with Gasteiger partial charge in [-0.2, -0.15) is 23.1 Å². The van der Waals surface area contributed by atoms with E-state index < -0.39 is 51.6 Å². The van der Waals surface area contributed by atoms with E-state index in [9.17, 15) is 25.2 Å². The minimum absolute atomic E-state index is 0. The van der Waals surface area contributed by atoms with Crippen molar-refractivity contribution in [2.75, 3.05) is 51.2 Å². The van der Waals surface area contributed by atoms with Crippen molar-refractivity contribution in [3.63, 3.8) is 0 Å². The second-order valence-corrected chi connectivity index (χ2v) is 18.8. The van der Waals surface area contributed by atoms with Gasteiger partial charge in [0.1, 0.15) is 6.10 Å². The Morgan fingerprint density at radius 2 is 1.80 bits per heavy atom. The summed E-state index contributed by atoms with van der Waals surface area (Å²) in [4.78, 5) is 41.8. The number of aliphatic hydroxyl groups excluding tert-OH is 2. The number of aromatic amines is 1. The van der Waals surface area contributed by atoms with E-state index in [0.717, 1.165) is 80.6 Å². The zero-order chi connectivity index (χ0) is 41.6. The molecule has 1 amide bonds. The van der Waals surface area contributed by atoms with E-state index in [1.54, 1.807) is 6.92 Å². The summed E-state index contributed by atoms with van der Waals surface area (Å²) >= 11 is 0. The Kier molecular flexibility index (Phi) is 11.4. The van der Waals surface area contributed by atoms with E-state index in [1.807, 2.05) is 7.05 Å². The number of hydrogen-bond acceptors (Lipinski definition) is 10. The molecule has 5 aliphatic heterocycles. The number of benzene rings is 2. The highest BCUT2D eigenvalue weighted by atomic mass is 32.1. The van der Waals surface area contributed by atoms with E-state index in [0.29, 0.717) is 13.0 Å². The van der Waals surface area contributed by atoms with Gasteiger partial charge in [0.15, 0.2) is 5.60 Å². The molecule has 2 saturated heterocycles. The first-order valence-corrected chi connectivity index (χ1v) is 21.3. The quantitative estimate of drug-likeness (QED) is 0.203. The normalized spacial score (nSPS) is 37.2. The van der Waals surface area contributed by atoms with Crippen molar-refractivity contribution in [3.05, 3.63) is 76.5 Å². The summed E-state index contributed by atoms with van der Waals surface area (Å²) in [7, 11) is 1.98. The highest BCUT2D eigenvalue weighted by molar-refractivity contribution is 7.59. The smallest absolute Gasteiger partial charge is 0.373 e. The van der Waals surface area contributed by atoms with Crippen LogP contribution in [0.15, 0.2) is 48.6 Å². The fraction of sp³-hybridized carbons (Fsp3) is 0.609. The molecule has 1 aromatic heterocycles. The number of aryl methyl sites for hydroxylation is 1. The number of para-hydroxylation sites is 1. The molecule has 2 bridgehead atoms. The number of piperidine rings is 1. The maximum absolute atomic E-state index is 14.5. The lowest BCUT2D eigenvalue weighted by Gasteiger charge is -2.63. The van der Waals surface area contributed by atoms with Crippen molar-refractivity contribution >= 4 is 42.1 Å². The van der Waals surface area contributed by atoms with E-state index in [2.05, 4.69) is 101 Å². The maximum atomic E-state index is 14.5. The molecule has 6 N–H and O–H groups in total. The molecule has 3 aromatic rings. The number of anilines is 1. The predicted molar refractivity (Wildman–Crippen MR) is 231 cm³/mol. The summed E-state index contributed by atoms with van der Waals surface area (Å²) < 4.78 is 0. The van der Waals surface area contributed by atoms with Crippen LogP contribution in [0.4, 0.5) is 5.69 Å². The highest BCUT2D eigenvalue weighted by Gasteiger charge is 2.78. The lowest BCUT2D eigenvalue weighted by molar-refractivity contribution is -0.203. The number of amides is 1. The molecule has 3 fully saturated rings. The number of nitrogens with zero attached hydrogens (tertiary/aromatic N) is 3. The second kappa shape index (κ2) is 15.4. The topological polar surface area (TPSA) is 170 Å². The van der Waals surface area contributed by atoms with Gasteiger partial charge in [0.2, 0.25) is 0 Å². The van der Waals surface area contributed by atoms with Crippen molar-refractivity contribution in [2.45, 2.75) is 119 Å². The fourth-order valence-electron chi connectivity index (χ4n) is 13.4. The minimum atomic E-state index is -2.16. The van der Waals surface area contributed by atoms with Gasteiger partial charge in [0.05, 0.1) is 17.7 Å². The Hall–Kier alpha value is -3.52. The Bertz CT molecular complexity index is 2170. The summed E-state index contributed by atoms with van der Waals surface area (Å²) in [5, 5.41) is 51.9. The van der Waals surface area contributed by atoms with Crippen molar-refractivity contribution in [2.24, 2.45) is 11.3 Å². The first-order chi connectivity index (χ1) is 27.6. The first kappa shape index (κ1) is 43.6. The molecule has 320 valence electrons. The van der Waals surface area contributed by atoms with E-state index >= 15 is 0 Å². The zero-order valence-electron chi connectivity index (χ0n) is 35.3. The number of carbonyl (C=O) groups excluding carboxylic acids is 3. The molecule has 13 heteroatoms. The summed E-state index contributed by atoms with van der Waals surface area (Å²) in [5.74, 6) is -0.366. The second-order valence-electron chi connectivity index (χ2n) is 18.8. The Morgan fingerprint density at radius 1 is 1.07 bits per heavy atom. The fourth-order valence-corrected chi connectivity index (χ4v) is 13.4. The van der Waals surface area contributed by atoms with Gasteiger partial charge < -0.3 is 35.6 Å². The van der Waals surface area contributed by atoms with Gasteiger partial charge in [-0.3, -0.25) is 14.6 Å². The lowest BCUT2D eigenvalue weighted by Crippen LogP contribution is -2.81. The molecule has 2 aromatic carbocycles. The third-order valence-corrected chi connectivity index (χ3v) is 15.6. The zero-order valence-corrected chi connectivity index (χ0v) is 36.3. The summed E-state index contributed by atoms with van der Waals surface area (Å²) in [6, 6.07) is 12.5. The van der Waals surface area contributed by atoms with Crippen LogP contribution in [-0.4, -0.2) is 129 Å². The van der Waals surface area contributed by atoms with Gasteiger partial charge in [0, 0.05) is 84.3 Å². The van der Waals surface area contributed by atoms with Crippen LogP contribution in [-0.2, 0) is 31.6 Å². The molecule has 1 saturated carbocycles. The molecule has 11 atom stereocenters. The van der Waals surface area contributed by atoms with Gasteiger partial charge in [0.25, 0.3) is 5.91 Å². The Labute approximate surface area is 354 Å². The van der Waals surface area contributed by atoms with Crippen LogP contribution in [0.3, 0.4) is 0 Å². The first-order valence-electron chi connectivity index (χ1n) is 21.3. The monoisotopic (exact) mass is 829 g/mol. The third kappa shape index (κ3) is 6.21. The molecule has 5 unspecified atom stereocenters. The van der Waals surface area contributed by atoms with Crippen molar-refractivity contribution in [1.82, 2.24) is 20.1 Å². The Balaban J connectivity index is 0.00000128. The average Bonchev–Trinajstić information content (AvgIpc) is 3.85. The largest absolute Gasteiger partial charge is 0.392 e. The molecule has 1 aliphatic carbocycles. The van der Waals surface area contributed by atoms with Crippen LogP contribution in [0, 0.1) is 18.3 Å². The molecular weight excluding hydrogens is 767 g/mol. The van der Waals surface area contributed by atoms with E-state index in [-0.39, 0.29) is 38.2 Å². The maximum Gasteiger partial charge on any atom is 0.373 e. The molecule has 0 radical (unpaired) electrons. The summed E-state index contributed by atoms with van der Waals surface area (Å²) in [6.45, 7) is 14.5. The molecule has 6 aliphatic rings. The van der Waals surface area contributed by atoms with Gasteiger partial charge in [-0.05, 0) is 106 Å². The highest BCUT2D eigenvalue weighted by Crippen LogP contribution is 2.67. The lowest BCUT2D eigenvalue weighted by atomic mass is 9.47. The van der Waals surface area contributed by atoms with E-state index in [1.165, 1.54) is 22.2 Å². The number of rotatable bonds is 6. The number of aromatic nitrogens is 1. The van der Waals surface area contributed by atoms with Crippen molar-refractivity contribution in [1.29, 1.82) is 0 Å². The van der Waals surface area contributed by atoms with Gasteiger partial charge >= 0.3 is 6.15 Å². The number of hydrogen-bond donors (Lipinski definition) is 6. The van der Waals surface area contributed by atoms with Crippen molar-refractivity contribution < 1.29 is 34.8 Å². The standard InChI is InChI=1S/C45H61N5O5.CO2.H2S/c1-7-42(54)23-29-22-41(5,36-31(14-18-49(25-29)26-42)30-12-9-10-13-34(30)47-36)32-21-33-35(20-27(32)3)48(6)38-44(33)16-19-50-17-11-15-43(8-2,37(44)50)39(52)45(38,55)40(53)46-24-28(4)51;2-1-3;/h9-13,15,20-21,28-29,37-39,47,51-52,54-55H,7-8,14,16-19,22-26H2,1-6H3,(H,46,53);;1H2/t28-,29-,37?,38?,39+,41+,42?,43+,44?,45-;;/m0../s1. The third-order valence-electron chi connectivity index (χ3n) is 15.6. The van der Waals surface area contributed by atoms with Gasteiger partial charge in [-0.1, -0.05) is 50.3 Å². The SMILES string of the molecule is CCC1(O)C[C@H]2CN(CCc3c([nH]c4ccccc34)[C@@](C)(c3cc4c(cc3C)N(C)C3C45CCN4CC=C[C@](CC)(C45)[C@@H](O)[C@]3(O)C(=O)NC[C@H](C)O)C2)C1.O=C=O.S. The number of likely N-dealkylation sites (N-methyl/N-ethyl adjacent to an activating group) is 1. The molecule has 1 spiro atoms. The van der Waals surface area contributed by atoms with Gasteiger partial charge in [-0.25, -0.2) is 0 Å². The van der Waals surface area contributed by atoms with Crippen molar-refractivity contribution in [3.8, 4) is 0 Å². The van der Waals surface area contributed by atoms with E-state index in [4.69, 9.17) is 9.59 Å². The summed E-state index contributed by atoms with van der Waals surface area (Å²) in [5.41, 5.74) is 3.37. The van der Waals surface area contributed by atoms with Crippen LogP contribution in [0.1, 0.15) is 87.7 Å². The van der Waals surface area contributed by atoms with Crippen LogP contribution in [0.5, 0.6) is 0 Å². The predicted octanol–water partition coefficient (Wildman–Crippen LogP) is 3.42. The molecule has 6 heterocycles. The summed E-state index contributed by atoms with van der Waals surface area (Å²) in [6.07, 6.45) is 6.81. The number of fused-ring (bicyclic) bond motifs is 6. The van der Waals surface area contributed by atoms with Crippen LogP contribution >= 0.6 is 13.5 Å².